The fourth-order valence-corrected chi connectivity index (χ4v) is 3.15. The summed E-state index contributed by atoms with van der Waals surface area (Å²) in [7, 11) is -3.01. The van der Waals surface area contributed by atoms with Crippen molar-refractivity contribution in [1.82, 2.24) is 0 Å². The minimum Gasteiger partial charge on any atom is -0.494 e. The molecule has 0 saturated carbocycles. The van der Waals surface area contributed by atoms with Crippen LogP contribution in [0.4, 0.5) is 0 Å². The fourth-order valence-electron chi connectivity index (χ4n) is 1.72. The second-order valence-corrected chi connectivity index (χ2v) is 7.09. The molecule has 0 atom stereocenters. The van der Waals surface area contributed by atoms with Gasteiger partial charge in [-0.3, -0.25) is 0 Å². The smallest absolute Gasteiger partial charge is 0.150 e. The molecule has 0 unspecified atom stereocenters. The van der Waals surface area contributed by atoms with Gasteiger partial charge < -0.3 is 4.74 Å². The molecule has 20 heavy (non-hydrogen) atoms. The lowest BCUT2D eigenvalue weighted by molar-refractivity contribution is 0.309. The van der Waals surface area contributed by atoms with Gasteiger partial charge in [0.2, 0.25) is 0 Å². The summed E-state index contributed by atoms with van der Waals surface area (Å²) in [4.78, 5) is 0. The van der Waals surface area contributed by atoms with Crippen LogP contribution in [0.1, 0.15) is 31.2 Å². The number of benzene rings is 1. The van der Waals surface area contributed by atoms with E-state index in [-0.39, 0.29) is 11.5 Å². The summed E-state index contributed by atoms with van der Waals surface area (Å²) in [5.74, 6) is 1.10. The van der Waals surface area contributed by atoms with Gasteiger partial charge in [0.05, 0.1) is 24.2 Å². The summed E-state index contributed by atoms with van der Waals surface area (Å²) in [5.41, 5.74) is 1.18. The molecule has 1 aromatic carbocycles. The highest BCUT2D eigenvalue weighted by molar-refractivity contribution is 7.91. The van der Waals surface area contributed by atoms with E-state index in [4.69, 9.17) is 10.00 Å². The molecule has 0 spiro atoms. The predicted octanol–water partition coefficient (Wildman–Crippen LogP) is 2.87. The van der Waals surface area contributed by atoms with Gasteiger partial charge in [-0.2, -0.15) is 5.26 Å². The third-order valence-electron chi connectivity index (χ3n) is 2.88. The van der Waals surface area contributed by atoms with Gasteiger partial charge in [0.25, 0.3) is 0 Å². The number of ether oxygens (including phenoxy) is 1. The lowest BCUT2D eigenvalue weighted by atomic mass is 10.2. The standard InChI is InChI=1S/C15H21NO3S/c1-14-6-8-15(9-7-14)19-11-3-5-13-20(17,18)12-4-2-10-16/h6-9H,2-5,11-13H2,1H3. The number of nitrogens with zero attached hydrogens (tertiary/aromatic N) is 1. The fraction of sp³-hybridized carbons (Fsp3) is 0.533. The van der Waals surface area contributed by atoms with Crippen molar-refractivity contribution in [2.75, 3.05) is 18.1 Å². The molecule has 1 aromatic rings. The highest BCUT2D eigenvalue weighted by Crippen LogP contribution is 2.12. The van der Waals surface area contributed by atoms with Gasteiger partial charge in [-0.05, 0) is 38.3 Å². The van der Waals surface area contributed by atoms with Crippen LogP contribution < -0.4 is 4.74 Å². The monoisotopic (exact) mass is 295 g/mol. The zero-order chi connectivity index (χ0) is 14.8. The highest BCUT2D eigenvalue weighted by atomic mass is 32.2. The van der Waals surface area contributed by atoms with Crippen molar-refractivity contribution in [3.8, 4) is 11.8 Å². The van der Waals surface area contributed by atoms with Crippen LogP contribution in [0.5, 0.6) is 5.75 Å². The van der Waals surface area contributed by atoms with Gasteiger partial charge in [0, 0.05) is 6.42 Å². The van der Waals surface area contributed by atoms with Crippen molar-refractivity contribution < 1.29 is 13.2 Å². The van der Waals surface area contributed by atoms with Gasteiger partial charge >= 0.3 is 0 Å². The van der Waals surface area contributed by atoms with Crippen LogP contribution in [-0.2, 0) is 9.84 Å². The molecule has 0 radical (unpaired) electrons. The Balaban J connectivity index is 2.15. The van der Waals surface area contributed by atoms with E-state index in [0.29, 0.717) is 32.3 Å². The van der Waals surface area contributed by atoms with Gasteiger partial charge in [0.1, 0.15) is 15.6 Å². The molecule has 110 valence electrons. The topological polar surface area (TPSA) is 67.2 Å². The number of hydrogen-bond donors (Lipinski definition) is 0. The maximum Gasteiger partial charge on any atom is 0.150 e. The molecule has 0 fully saturated rings. The summed E-state index contributed by atoms with van der Waals surface area (Å²) in [6.07, 6.45) is 2.04. The molecule has 0 bridgehead atoms. The van der Waals surface area contributed by atoms with Gasteiger partial charge in [0.15, 0.2) is 0 Å². The van der Waals surface area contributed by atoms with Crippen molar-refractivity contribution in [2.24, 2.45) is 0 Å². The van der Waals surface area contributed by atoms with Crippen molar-refractivity contribution in [1.29, 1.82) is 5.26 Å². The normalized spacial score (nSPS) is 11.0. The Morgan fingerprint density at radius 2 is 1.75 bits per heavy atom. The Labute approximate surface area is 121 Å². The predicted molar refractivity (Wildman–Crippen MR) is 79.4 cm³/mol. The van der Waals surface area contributed by atoms with Crippen molar-refractivity contribution in [3.63, 3.8) is 0 Å². The first kappa shape index (κ1) is 16.5. The maximum absolute atomic E-state index is 11.6. The Bertz CT molecular complexity index is 529. The third kappa shape index (κ3) is 7.15. The van der Waals surface area contributed by atoms with E-state index in [1.807, 2.05) is 37.3 Å². The molecule has 0 N–H and O–H groups in total. The molecule has 0 aliphatic rings. The number of unbranched alkanes of at least 4 members (excludes halogenated alkanes) is 2. The van der Waals surface area contributed by atoms with E-state index in [9.17, 15) is 8.42 Å². The molecule has 4 nitrogen and oxygen atoms in total. The number of nitriles is 1. The maximum atomic E-state index is 11.6. The average molecular weight is 295 g/mol. The van der Waals surface area contributed by atoms with Crippen LogP contribution >= 0.6 is 0 Å². The van der Waals surface area contributed by atoms with E-state index >= 15 is 0 Å². The minimum atomic E-state index is -3.01. The number of rotatable bonds is 9. The average Bonchev–Trinajstić information content (AvgIpc) is 2.40. The summed E-state index contributed by atoms with van der Waals surface area (Å²) in [5, 5.41) is 8.37. The Morgan fingerprint density at radius 1 is 1.10 bits per heavy atom. The van der Waals surface area contributed by atoms with E-state index in [1.165, 1.54) is 5.56 Å². The van der Waals surface area contributed by atoms with Crippen LogP contribution in [0.3, 0.4) is 0 Å². The zero-order valence-corrected chi connectivity index (χ0v) is 12.7. The first-order valence-electron chi connectivity index (χ1n) is 6.80. The Kier molecular flexibility index (Phi) is 7.10. The van der Waals surface area contributed by atoms with E-state index < -0.39 is 9.84 Å². The largest absolute Gasteiger partial charge is 0.494 e. The summed E-state index contributed by atoms with van der Waals surface area (Å²) >= 11 is 0. The van der Waals surface area contributed by atoms with Crippen LogP contribution in [0.25, 0.3) is 0 Å². The lowest BCUT2D eigenvalue weighted by Gasteiger charge is -2.06. The number of hydrogen-bond acceptors (Lipinski definition) is 4. The van der Waals surface area contributed by atoms with E-state index in [1.54, 1.807) is 0 Å². The van der Waals surface area contributed by atoms with Crippen LogP contribution in [-0.4, -0.2) is 26.5 Å². The van der Waals surface area contributed by atoms with Crippen molar-refractivity contribution >= 4 is 9.84 Å². The Morgan fingerprint density at radius 3 is 2.40 bits per heavy atom. The zero-order valence-electron chi connectivity index (χ0n) is 11.8. The molecule has 0 aliphatic carbocycles. The van der Waals surface area contributed by atoms with Gasteiger partial charge in [-0.1, -0.05) is 17.7 Å². The first-order valence-corrected chi connectivity index (χ1v) is 8.62. The molecule has 0 heterocycles. The molecular weight excluding hydrogens is 274 g/mol. The van der Waals surface area contributed by atoms with Crippen LogP contribution in [0.2, 0.25) is 0 Å². The molecule has 0 saturated heterocycles. The molecule has 0 amide bonds. The minimum absolute atomic E-state index is 0.110. The molecule has 5 heteroatoms. The SMILES string of the molecule is Cc1ccc(OCCCCS(=O)(=O)CCCC#N)cc1. The Hall–Kier alpha value is -1.54. The van der Waals surface area contributed by atoms with Gasteiger partial charge in [-0.15, -0.1) is 0 Å². The molecule has 0 aromatic heterocycles. The first-order chi connectivity index (χ1) is 9.53. The summed E-state index contributed by atoms with van der Waals surface area (Å²) < 4.78 is 28.8. The summed E-state index contributed by atoms with van der Waals surface area (Å²) in [6, 6.07) is 9.74. The van der Waals surface area contributed by atoms with Crippen LogP contribution in [0.15, 0.2) is 24.3 Å². The number of aryl methyl sites for hydroxylation is 1. The third-order valence-corrected chi connectivity index (χ3v) is 4.70. The molecular formula is C15H21NO3S. The molecule has 0 aliphatic heterocycles. The second-order valence-electron chi connectivity index (χ2n) is 4.78. The van der Waals surface area contributed by atoms with E-state index in [2.05, 4.69) is 0 Å². The van der Waals surface area contributed by atoms with E-state index in [0.717, 1.165) is 5.75 Å². The molecule has 1 rings (SSSR count). The summed E-state index contributed by atoms with van der Waals surface area (Å²) in [6.45, 7) is 2.54. The van der Waals surface area contributed by atoms with Crippen molar-refractivity contribution in [3.05, 3.63) is 29.8 Å². The van der Waals surface area contributed by atoms with Gasteiger partial charge in [-0.25, -0.2) is 8.42 Å². The lowest BCUT2D eigenvalue weighted by Crippen LogP contribution is -2.12. The van der Waals surface area contributed by atoms with Crippen LogP contribution in [0, 0.1) is 18.3 Å². The quantitative estimate of drug-likeness (QED) is 0.657. The number of sulfone groups is 1. The van der Waals surface area contributed by atoms with Crippen molar-refractivity contribution in [2.45, 2.75) is 32.6 Å². The second kappa shape index (κ2) is 8.60. The highest BCUT2D eigenvalue weighted by Gasteiger charge is 2.09.